The van der Waals surface area contributed by atoms with Gasteiger partial charge in [0, 0.05) is 18.3 Å². The van der Waals surface area contributed by atoms with Crippen molar-refractivity contribution in [2.45, 2.75) is 6.92 Å². The van der Waals surface area contributed by atoms with E-state index in [1.54, 1.807) is 18.8 Å². The summed E-state index contributed by atoms with van der Waals surface area (Å²) in [5.74, 6) is 0.534. The molecule has 0 aliphatic carbocycles. The first kappa shape index (κ1) is 15.2. The molecule has 8 heteroatoms. The van der Waals surface area contributed by atoms with Crippen molar-refractivity contribution in [1.82, 2.24) is 20.0 Å². The standard InChI is InChI=1S/C15H15N5O2S/c1-9-12(8-16-20(9)2)13(21)17-15-19-18-14(23-15)10-4-6-11(22-3)7-5-10/h4-8H,1-3H3,(H,17,19,21). The Hall–Kier alpha value is -2.74. The van der Waals surface area contributed by atoms with E-state index in [0.29, 0.717) is 10.7 Å². The Balaban J connectivity index is 1.76. The van der Waals surface area contributed by atoms with Crippen molar-refractivity contribution in [3.05, 3.63) is 41.7 Å². The molecule has 0 bridgehead atoms. The molecule has 0 unspecified atom stereocenters. The topological polar surface area (TPSA) is 81.9 Å². The van der Waals surface area contributed by atoms with Crippen molar-refractivity contribution in [3.63, 3.8) is 0 Å². The fourth-order valence-corrected chi connectivity index (χ4v) is 2.75. The van der Waals surface area contributed by atoms with Crippen molar-refractivity contribution >= 4 is 22.4 Å². The van der Waals surface area contributed by atoms with Gasteiger partial charge in [-0.3, -0.25) is 14.8 Å². The molecule has 0 saturated heterocycles. The Kier molecular flexibility index (Phi) is 4.07. The van der Waals surface area contributed by atoms with E-state index in [4.69, 9.17) is 4.74 Å². The molecule has 1 amide bonds. The normalized spacial score (nSPS) is 10.6. The molecule has 7 nitrogen and oxygen atoms in total. The quantitative estimate of drug-likeness (QED) is 0.795. The van der Waals surface area contributed by atoms with Gasteiger partial charge in [-0.1, -0.05) is 11.3 Å². The minimum atomic E-state index is -0.243. The number of nitrogens with zero attached hydrogens (tertiary/aromatic N) is 4. The van der Waals surface area contributed by atoms with Gasteiger partial charge in [-0.2, -0.15) is 5.10 Å². The van der Waals surface area contributed by atoms with Crippen LogP contribution in [0.25, 0.3) is 10.6 Å². The van der Waals surface area contributed by atoms with Crippen LogP contribution in [-0.4, -0.2) is 33.0 Å². The summed E-state index contributed by atoms with van der Waals surface area (Å²) in [5, 5.41) is 16.1. The molecule has 3 aromatic rings. The predicted molar refractivity (Wildman–Crippen MR) is 87.8 cm³/mol. The fourth-order valence-electron chi connectivity index (χ4n) is 2.01. The number of amides is 1. The predicted octanol–water partition coefficient (Wildman–Crippen LogP) is 2.51. The van der Waals surface area contributed by atoms with E-state index in [1.165, 1.54) is 17.5 Å². The number of carbonyl (C=O) groups is 1. The largest absolute Gasteiger partial charge is 0.497 e. The molecular weight excluding hydrogens is 314 g/mol. The van der Waals surface area contributed by atoms with Gasteiger partial charge >= 0.3 is 0 Å². The van der Waals surface area contributed by atoms with E-state index < -0.39 is 0 Å². The van der Waals surface area contributed by atoms with Gasteiger partial charge in [-0.15, -0.1) is 10.2 Å². The lowest BCUT2D eigenvalue weighted by Gasteiger charge is -2.00. The maximum absolute atomic E-state index is 12.2. The summed E-state index contributed by atoms with van der Waals surface area (Å²) in [6, 6.07) is 7.51. The summed E-state index contributed by atoms with van der Waals surface area (Å²) in [4.78, 5) is 12.2. The molecular formula is C15H15N5O2S. The van der Waals surface area contributed by atoms with Crippen LogP contribution in [0.1, 0.15) is 16.1 Å². The molecule has 0 fully saturated rings. The number of aryl methyl sites for hydroxylation is 1. The summed E-state index contributed by atoms with van der Waals surface area (Å²) in [6.07, 6.45) is 1.54. The minimum absolute atomic E-state index is 0.243. The van der Waals surface area contributed by atoms with Gasteiger partial charge in [0.2, 0.25) is 5.13 Å². The van der Waals surface area contributed by atoms with E-state index in [1.807, 2.05) is 31.2 Å². The molecule has 0 aliphatic rings. The van der Waals surface area contributed by atoms with Crippen LogP contribution in [0.5, 0.6) is 5.75 Å². The number of hydrogen-bond acceptors (Lipinski definition) is 6. The minimum Gasteiger partial charge on any atom is -0.497 e. The number of nitrogens with one attached hydrogen (secondary N) is 1. The summed E-state index contributed by atoms with van der Waals surface area (Å²) >= 11 is 1.31. The van der Waals surface area contributed by atoms with E-state index in [-0.39, 0.29) is 5.91 Å². The van der Waals surface area contributed by atoms with E-state index in [0.717, 1.165) is 22.0 Å². The lowest BCUT2D eigenvalue weighted by atomic mass is 10.2. The van der Waals surface area contributed by atoms with Crippen molar-refractivity contribution in [1.29, 1.82) is 0 Å². The average molecular weight is 329 g/mol. The van der Waals surface area contributed by atoms with E-state index in [2.05, 4.69) is 20.6 Å². The highest BCUT2D eigenvalue weighted by Gasteiger charge is 2.15. The number of ether oxygens (including phenoxy) is 1. The van der Waals surface area contributed by atoms with Gasteiger partial charge in [-0.25, -0.2) is 0 Å². The molecule has 1 aromatic carbocycles. The monoisotopic (exact) mass is 329 g/mol. The maximum atomic E-state index is 12.2. The highest BCUT2D eigenvalue weighted by Crippen LogP contribution is 2.28. The third kappa shape index (κ3) is 3.07. The smallest absolute Gasteiger partial charge is 0.260 e. The Morgan fingerprint density at radius 1 is 1.26 bits per heavy atom. The fraction of sp³-hybridized carbons (Fsp3) is 0.200. The number of rotatable bonds is 4. The summed E-state index contributed by atoms with van der Waals surface area (Å²) in [7, 11) is 3.41. The molecule has 0 atom stereocenters. The third-order valence-electron chi connectivity index (χ3n) is 3.46. The van der Waals surface area contributed by atoms with Crippen LogP contribution in [0.15, 0.2) is 30.5 Å². The van der Waals surface area contributed by atoms with Gasteiger partial charge in [0.05, 0.1) is 18.9 Å². The highest BCUT2D eigenvalue weighted by atomic mass is 32.1. The van der Waals surface area contributed by atoms with Crippen LogP contribution in [0, 0.1) is 6.92 Å². The first-order valence-corrected chi connectivity index (χ1v) is 7.68. The number of carbonyl (C=O) groups excluding carboxylic acids is 1. The van der Waals surface area contributed by atoms with Crippen LogP contribution >= 0.6 is 11.3 Å². The summed E-state index contributed by atoms with van der Waals surface area (Å²) in [6.45, 7) is 1.84. The van der Waals surface area contributed by atoms with Crippen LogP contribution in [0.4, 0.5) is 5.13 Å². The Bertz CT molecular complexity index is 838. The zero-order chi connectivity index (χ0) is 16.4. The zero-order valence-corrected chi connectivity index (χ0v) is 13.7. The molecule has 0 radical (unpaired) electrons. The van der Waals surface area contributed by atoms with Crippen LogP contribution < -0.4 is 10.1 Å². The number of hydrogen-bond donors (Lipinski definition) is 1. The van der Waals surface area contributed by atoms with Crippen molar-refractivity contribution in [3.8, 4) is 16.3 Å². The molecule has 2 heterocycles. The first-order valence-electron chi connectivity index (χ1n) is 6.86. The van der Waals surface area contributed by atoms with Crippen molar-refractivity contribution in [2.24, 2.45) is 7.05 Å². The molecule has 23 heavy (non-hydrogen) atoms. The number of aromatic nitrogens is 4. The molecule has 118 valence electrons. The highest BCUT2D eigenvalue weighted by molar-refractivity contribution is 7.18. The molecule has 0 spiro atoms. The third-order valence-corrected chi connectivity index (χ3v) is 4.35. The van der Waals surface area contributed by atoms with Gasteiger partial charge in [0.15, 0.2) is 0 Å². The average Bonchev–Trinajstić information content (AvgIpc) is 3.15. The molecule has 3 rings (SSSR count). The molecule has 1 N–H and O–H groups in total. The van der Waals surface area contributed by atoms with Crippen LogP contribution in [0.2, 0.25) is 0 Å². The second-order valence-electron chi connectivity index (χ2n) is 4.86. The first-order chi connectivity index (χ1) is 11.1. The number of benzene rings is 1. The Morgan fingerprint density at radius 2 is 2.00 bits per heavy atom. The molecule has 0 aliphatic heterocycles. The second kappa shape index (κ2) is 6.17. The van der Waals surface area contributed by atoms with Crippen LogP contribution in [-0.2, 0) is 7.05 Å². The molecule has 2 aromatic heterocycles. The summed E-state index contributed by atoms with van der Waals surface area (Å²) < 4.78 is 6.78. The van der Waals surface area contributed by atoms with Gasteiger partial charge in [-0.05, 0) is 31.2 Å². The SMILES string of the molecule is COc1ccc(-c2nnc(NC(=O)c3cnn(C)c3C)s2)cc1. The molecule has 0 saturated carbocycles. The lowest BCUT2D eigenvalue weighted by Crippen LogP contribution is -2.12. The lowest BCUT2D eigenvalue weighted by molar-refractivity contribution is 0.102. The Labute approximate surface area is 136 Å². The van der Waals surface area contributed by atoms with Crippen molar-refractivity contribution < 1.29 is 9.53 Å². The summed E-state index contributed by atoms with van der Waals surface area (Å²) in [5.41, 5.74) is 2.23. The Morgan fingerprint density at radius 3 is 2.61 bits per heavy atom. The van der Waals surface area contributed by atoms with E-state index in [9.17, 15) is 4.79 Å². The van der Waals surface area contributed by atoms with Gasteiger partial charge in [0.1, 0.15) is 10.8 Å². The van der Waals surface area contributed by atoms with Gasteiger partial charge in [0.25, 0.3) is 5.91 Å². The van der Waals surface area contributed by atoms with Gasteiger partial charge < -0.3 is 4.74 Å². The zero-order valence-electron chi connectivity index (χ0n) is 12.9. The van der Waals surface area contributed by atoms with Crippen molar-refractivity contribution in [2.75, 3.05) is 12.4 Å². The number of methoxy groups -OCH3 is 1. The maximum Gasteiger partial charge on any atom is 0.260 e. The van der Waals surface area contributed by atoms with Crippen LogP contribution in [0.3, 0.4) is 0 Å². The number of anilines is 1. The second-order valence-corrected chi connectivity index (χ2v) is 5.84. The van der Waals surface area contributed by atoms with E-state index >= 15 is 0 Å².